The van der Waals surface area contributed by atoms with Gasteiger partial charge < -0.3 is 14.9 Å². The topological polar surface area (TPSA) is 45.1 Å². The first-order valence-corrected chi connectivity index (χ1v) is 12.3. The third kappa shape index (κ3) is 2.72. The smallest absolute Gasteiger partial charge is 0.201 e. The fraction of sp³-hybridized carbons (Fsp3) is 0.0312. The molecule has 1 unspecified atom stereocenters. The summed E-state index contributed by atoms with van der Waals surface area (Å²) in [6, 6.07) is 38.8. The molecule has 7 aromatic rings. The number of hydrogen-bond acceptors (Lipinski definition) is 2. The van der Waals surface area contributed by atoms with Gasteiger partial charge in [-0.2, -0.15) is 0 Å². The molecule has 2 N–H and O–H groups in total. The van der Waals surface area contributed by atoms with Crippen molar-refractivity contribution in [2.75, 3.05) is 5.32 Å². The summed E-state index contributed by atoms with van der Waals surface area (Å²) in [6.45, 7) is 0. The van der Waals surface area contributed by atoms with Crippen LogP contribution in [-0.4, -0.2) is 15.3 Å². The summed E-state index contributed by atoms with van der Waals surface area (Å²) in [7, 11) is 0. The molecule has 0 amide bonds. The molecule has 0 bridgehead atoms. The van der Waals surface area contributed by atoms with E-state index in [2.05, 4.69) is 124 Å². The van der Waals surface area contributed by atoms with Gasteiger partial charge in [0.15, 0.2) is 0 Å². The molecule has 0 saturated carbocycles. The number of rotatable bonds is 2. The van der Waals surface area contributed by atoms with Gasteiger partial charge in [0.25, 0.3) is 0 Å². The normalized spacial score (nSPS) is 15.3. The maximum atomic E-state index is 5.37. The fourth-order valence-electron chi connectivity index (χ4n) is 5.74. The molecule has 1 aliphatic heterocycles. The van der Waals surface area contributed by atoms with E-state index in [0.717, 1.165) is 33.6 Å². The number of hydrogen-bond donors (Lipinski definition) is 2. The molecule has 0 aliphatic carbocycles. The minimum atomic E-state index is -0.298. The molecule has 4 nitrogen and oxygen atoms in total. The van der Waals surface area contributed by atoms with Crippen LogP contribution in [0.1, 0.15) is 17.4 Å². The zero-order valence-electron chi connectivity index (χ0n) is 19.4. The Morgan fingerprint density at radius 3 is 2.44 bits per heavy atom. The Hall–Kier alpha value is -4.83. The van der Waals surface area contributed by atoms with Crippen molar-refractivity contribution in [3.05, 3.63) is 127 Å². The molecule has 0 saturated heterocycles. The summed E-state index contributed by atoms with van der Waals surface area (Å²) in [6.07, 6.45) is 1.71. The number of nitrogens with one attached hydrogen (secondary N) is 2. The molecule has 0 radical (unpaired) electrons. The first-order chi connectivity index (χ1) is 17.8. The monoisotopic (exact) mass is 462 g/mol. The first-order valence-electron chi connectivity index (χ1n) is 12.3. The summed E-state index contributed by atoms with van der Waals surface area (Å²) in [4.78, 5) is 8.77. The van der Waals surface area contributed by atoms with Crippen LogP contribution in [-0.2, 0) is 0 Å². The van der Waals surface area contributed by atoms with E-state index in [1.807, 2.05) is 6.20 Å². The SMILES string of the molecule is c1ccc(C2=NC(n3c4cc5[nH]ccc5cc4c4ccc5ccccc5c43)Nc3ccccc32)cc1. The lowest BCUT2D eigenvalue weighted by molar-refractivity contribution is 0.626. The summed E-state index contributed by atoms with van der Waals surface area (Å²) in [5.41, 5.74) is 7.82. The highest BCUT2D eigenvalue weighted by atomic mass is 15.3. The quantitative estimate of drug-likeness (QED) is 0.270. The minimum Gasteiger partial charge on any atom is -0.361 e. The number of nitrogens with zero attached hydrogens (tertiary/aromatic N) is 2. The van der Waals surface area contributed by atoms with Gasteiger partial charge >= 0.3 is 0 Å². The van der Waals surface area contributed by atoms with Gasteiger partial charge in [0.1, 0.15) is 0 Å². The van der Waals surface area contributed by atoms with E-state index in [-0.39, 0.29) is 6.29 Å². The third-order valence-corrected chi connectivity index (χ3v) is 7.37. The van der Waals surface area contributed by atoms with Gasteiger partial charge in [0.2, 0.25) is 6.29 Å². The number of para-hydroxylation sites is 1. The molecule has 4 heteroatoms. The van der Waals surface area contributed by atoms with Crippen LogP contribution in [0, 0.1) is 0 Å². The summed E-state index contributed by atoms with van der Waals surface area (Å²) in [5.74, 6) is 0. The Morgan fingerprint density at radius 1 is 0.667 bits per heavy atom. The van der Waals surface area contributed by atoms with E-state index >= 15 is 0 Å². The molecule has 170 valence electrons. The largest absolute Gasteiger partial charge is 0.361 e. The van der Waals surface area contributed by atoms with Crippen LogP contribution in [0.4, 0.5) is 5.69 Å². The van der Waals surface area contributed by atoms with Gasteiger partial charge in [-0.15, -0.1) is 0 Å². The van der Waals surface area contributed by atoms with Crippen LogP contribution >= 0.6 is 0 Å². The van der Waals surface area contributed by atoms with Gasteiger partial charge in [-0.05, 0) is 29.7 Å². The number of H-pyrrole nitrogens is 1. The average molecular weight is 463 g/mol. The average Bonchev–Trinajstić information content (AvgIpc) is 3.53. The van der Waals surface area contributed by atoms with Crippen LogP contribution in [0.25, 0.3) is 43.5 Å². The second-order valence-corrected chi connectivity index (χ2v) is 9.39. The predicted octanol–water partition coefficient (Wildman–Crippen LogP) is 7.85. The second kappa shape index (κ2) is 7.33. The maximum Gasteiger partial charge on any atom is 0.201 e. The zero-order valence-corrected chi connectivity index (χ0v) is 19.4. The summed E-state index contributed by atoms with van der Waals surface area (Å²) < 4.78 is 2.38. The summed E-state index contributed by atoms with van der Waals surface area (Å²) in [5, 5.41) is 9.90. The molecule has 1 aliphatic rings. The number of aromatic amines is 1. The van der Waals surface area contributed by atoms with Crippen molar-refractivity contribution in [3.8, 4) is 0 Å². The van der Waals surface area contributed by atoms with E-state index in [0.29, 0.717) is 0 Å². The molecule has 0 fully saturated rings. The highest BCUT2D eigenvalue weighted by molar-refractivity contribution is 6.20. The molecule has 3 heterocycles. The molecule has 1 atom stereocenters. The highest BCUT2D eigenvalue weighted by Gasteiger charge is 2.26. The van der Waals surface area contributed by atoms with Gasteiger partial charge in [-0.3, -0.25) is 0 Å². The van der Waals surface area contributed by atoms with E-state index < -0.39 is 0 Å². The van der Waals surface area contributed by atoms with Crippen molar-refractivity contribution in [2.24, 2.45) is 4.99 Å². The van der Waals surface area contributed by atoms with Crippen LogP contribution in [0.5, 0.6) is 0 Å². The molecule has 0 spiro atoms. The van der Waals surface area contributed by atoms with E-state index in [9.17, 15) is 0 Å². The fourth-order valence-corrected chi connectivity index (χ4v) is 5.74. The van der Waals surface area contributed by atoms with Crippen molar-refractivity contribution in [1.82, 2.24) is 9.55 Å². The van der Waals surface area contributed by atoms with Crippen molar-refractivity contribution in [3.63, 3.8) is 0 Å². The zero-order chi connectivity index (χ0) is 23.6. The highest BCUT2D eigenvalue weighted by Crippen LogP contribution is 2.40. The minimum absolute atomic E-state index is 0.298. The standard InChI is InChI=1S/C32H22N4/c1-2-9-21(10-3-1)30-25-12-6-7-13-27(25)34-32(35-30)36-29-19-28-22(16-17-33-28)18-26(29)24-15-14-20-8-4-5-11-23(20)31(24)36/h1-19,32-34H. The van der Waals surface area contributed by atoms with Crippen molar-refractivity contribution in [2.45, 2.75) is 6.29 Å². The number of anilines is 1. The third-order valence-electron chi connectivity index (χ3n) is 7.37. The van der Waals surface area contributed by atoms with Crippen molar-refractivity contribution >= 4 is 54.9 Å². The van der Waals surface area contributed by atoms with E-state index in [1.165, 1.54) is 32.4 Å². The lowest BCUT2D eigenvalue weighted by Crippen LogP contribution is -2.24. The van der Waals surface area contributed by atoms with Gasteiger partial charge in [0.05, 0.1) is 16.7 Å². The van der Waals surface area contributed by atoms with Crippen LogP contribution in [0.3, 0.4) is 0 Å². The van der Waals surface area contributed by atoms with Crippen LogP contribution in [0.15, 0.2) is 120 Å². The van der Waals surface area contributed by atoms with Crippen molar-refractivity contribution < 1.29 is 0 Å². The Bertz CT molecular complexity index is 1970. The molecule has 8 rings (SSSR count). The maximum absolute atomic E-state index is 5.37. The lowest BCUT2D eigenvalue weighted by Gasteiger charge is -2.28. The Labute approximate surface area is 207 Å². The lowest BCUT2D eigenvalue weighted by atomic mass is 9.99. The van der Waals surface area contributed by atoms with E-state index in [1.54, 1.807) is 0 Å². The number of aromatic nitrogens is 2. The van der Waals surface area contributed by atoms with E-state index in [4.69, 9.17) is 4.99 Å². The Balaban J connectivity index is 1.50. The molecule has 2 aromatic heterocycles. The number of benzene rings is 5. The van der Waals surface area contributed by atoms with Crippen molar-refractivity contribution in [1.29, 1.82) is 0 Å². The number of fused-ring (bicyclic) bond motifs is 7. The molecular formula is C32H22N4. The summed E-state index contributed by atoms with van der Waals surface area (Å²) >= 11 is 0. The van der Waals surface area contributed by atoms with Crippen LogP contribution < -0.4 is 5.32 Å². The van der Waals surface area contributed by atoms with Gasteiger partial charge in [-0.1, -0.05) is 84.9 Å². The molecule has 5 aromatic carbocycles. The van der Waals surface area contributed by atoms with Gasteiger partial charge in [0, 0.05) is 50.1 Å². The molecular weight excluding hydrogens is 440 g/mol. The molecule has 36 heavy (non-hydrogen) atoms. The van der Waals surface area contributed by atoms with Gasteiger partial charge in [-0.25, -0.2) is 4.99 Å². The Morgan fingerprint density at radius 2 is 1.50 bits per heavy atom. The predicted molar refractivity (Wildman–Crippen MR) is 150 cm³/mol. The first kappa shape index (κ1) is 19.5. The Kier molecular flexibility index (Phi) is 3.97. The number of aliphatic imine (C=N–C) groups is 1. The van der Waals surface area contributed by atoms with Crippen LogP contribution in [0.2, 0.25) is 0 Å². The second-order valence-electron chi connectivity index (χ2n) is 9.39.